The molecule has 0 atom stereocenters. The predicted molar refractivity (Wildman–Crippen MR) is 113 cm³/mol. The van der Waals surface area contributed by atoms with Crippen molar-refractivity contribution in [2.45, 2.75) is 40.0 Å². The SMILES string of the molecule is Cc1c2c(c(C)c3ccccc13)[Si](C)(C)c1ccccc1[Si]2(C)C. The summed E-state index contributed by atoms with van der Waals surface area (Å²) in [5.74, 6) is 0. The van der Waals surface area contributed by atoms with Crippen molar-refractivity contribution < 1.29 is 0 Å². The third kappa shape index (κ3) is 1.84. The van der Waals surface area contributed by atoms with Gasteiger partial charge in [-0.25, -0.2) is 0 Å². The molecule has 0 N–H and O–H groups in total. The first kappa shape index (κ1) is 15.9. The summed E-state index contributed by atoms with van der Waals surface area (Å²) < 4.78 is 0. The Balaban J connectivity index is 2.25. The van der Waals surface area contributed by atoms with Crippen molar-refractivity contribution in [2.75, 3.05) is 0 Å². The van der Waals surface area contributed by atoms with Crippen molar-refractivity contribution >= 4 is 47.7 Å². The predicted octanol–water partition coefficient (Wildman–Crippen LogP) is 3.42. The van der Waals surface area contributed by atoms with Gasteiger partial charge in [0.15, 0.2) is 0 Å². The van der Waals surface area contributed by atoms with Crippen LogP contribution in [0.25, 0.3) is 10.8 Å². The zero-order valence-corrected chi connectivity index (χ0v) is 17.6. The smallest absolute Gasteiger partial charge is 0.0627 e. The van der Waals surface area contributed by atoms with Crippen molar-refractivity contribution in [1.29, 1.82) is 0 Å². The highest BCUT2D eigenvalue weighted by molar-refractivity contribution is 7.16. The van der Waals surface area contributed by atoms with Crippen molar-refractivity contribution in [3.63, 3.8) is 0 Å². The summed E-state index contributed by atoms with van der Waals surface area (Å²) in [5.41, 5.74) is 3.08. The zero-order chi connectivity index (χ0) is 17.3. The van der Waals surface area contributed by atoms with E-state index >= 15 is 0 Å². The summed E-state index contributed by atoms with van der Waals surface area (Å²) in [7, 11) is -3.36. The first-order valence-electron chi connectivity index (χ1n) is 8.90. The molecule has 1 aliphatic rings. The largest absolute Gasteiger partial charge is 0.112 e. The molecule has 0 unspecified atom stereocenters. The number of hydrogen-bond donors (Lipinski definition) is 0. The third-order valence-electron chi connectivity index (χ3n) is 6.26. The van der Waals surface area contributed by atoms with Crippen LogP contribution in [0.3, 0.4) is 0 Å². The average molecular weight is 347 g/mol. The topological polar surface area (TPSA) is 0 Å². The second kappa shape index (κ2) is 4.93. The van der Waals surface area contributed by atoms with Gasteiger partial charge in [-0.05, 0) is 35.7 Å². The molecule has 0 fully saturated rings. The van der Waals surface area contributed by atoms with Crippen LogP contribution in [-0.2, 0) is 0 Å². The molecule has 1 heterocycles. The van der Waals surface area contributed by atoms with Crippen LogP contribution in [-0.4, -0.2) is 16.1 Å². The average Bonchev–Trinajstić information content (AvgIpc) is 2.56. The monoisotopic (exact) mass is 346 g/mol. The van der Waals surface area contributed by atoms with Gasteiger partial charge in [-0.2, -0.15) is 0 Å². The number of aryl methyl sites for hydroxylation is 2. The van der Waals surface area contributed by atoms with E-state index in [2.05, 4.69) is 88.6 Å². The molecule has 24 heavy (non-hydrogen) atoms. The molecule has 3 aromatic carbocycles. The van der Waals surface area contributed by atoms with Gasteiger partial charge in [0, 0.05) is 0 Å². The highest BCUT2D eigenvalue weighted by atomic mass is 28.3. The van der Waals surface area contributed by atoms with E-state index in [1.165, 1.54) is 21.9 Å². The Labute approximate surface area is 147 Å². The summed E-state index contributed by atoms with van der Waals surface area (Å²) in [6, 6.07) is 18.3. The van der Waals surface area contributed by atoms with Gasteiger partial charge in [-0.3, -0.25) is 0 Å². The minimum absolute atomic E-state index is 1.46. The third-order valence-corrected chi connectivity index (χ3v) is 14.1. The molecule has 1 aliphatic heterocycles. The first-order chi connectivity index (χ1) is 11.3. The second-order valence-electron chi connectivity index (χ2n) is 8.34. The van der Waals surface area contributed by atoms with Gasteiger partial charge in [0.1, 0.15) is 16.1 Å². The normalized spacial score (nSPS) is 17.4. The Hall–Kier alpha value is -1.65. The molecule has 122 valence electrons. The van der Waals surface area contributed by atoms with Crippen LogP contribution in [0.1, 0.15) is 11.1 Å². The Morgan fingerprint density at radius 2 is 0.875 bits per heavy atom. The lowest BCUT2D eigenvalue weighted by atomic mass is 10.0. The molecule has 0 amide bonds. The van der Waals surface area contributed by atoms with Crippen LogP contribution >= 0.6 is 0 Å². The molecule has 0 aromatic heterocycles. The molecule has 0 saturated carbocycles. The maximum atomic E-state index is 2.55. The maximum Gasteiger partial charge on any atom is 0.112 e. The molecule has 0 bridgehead atoms. The van der Waals surface area contributed by atoms with Crippen molar-refractivity contribution in [2.24, 2.45) is 0 Å². The van der Waals surface area contributed by atoms with E-state index in [1.54, 1.807) is 20.7 Å². The lowest BCUT2D eigenvalue weighted by molar-refractivity contribution is 1.48. The molecule has 4 rings (SSSR count). The standard InChI is InChI=1S/C22H26Si2/c1-15-17-11-7-8-12-18(17)16(2)22-21(15)23(3,4)19-13-9-10-14-20(19)24(22,5)6/h7-14H,1-6H3. The lowest BCUT2D eigenvalue weighted by Gasteiger charge is -2.44. The van der Waals surface area contributed by atoms with Crippen molar-refractivity contribution in [3.05, 3.63) is 59.7 Å². The molecule has 3 aromatic rings. The quantitative estimate of drug-likeness (QED) is 0.547. The van der Waals surface area contributed by atoms with E-state index < -0.39 is 16.1 Å². The van der Waals surface area contributed by atoms with Gasteiger partial charge < -0.3 is 0 Å². The molecule has 2 heteroatoms. The fourth-order valence-electron chi connectivity index (χ4n) is 5.19. The van der Waals surface area contributed by atoms with Gasteiger partial charge in [-0.1, -0.05) is 95.5 Å². The van der Waals surface area contributed by atoms with Gasteiger partial charge in [0.05, 0.1) is 0 Å². The highest BCUT2D eigenvalue weighted by Crippen LogP contribution is 2.26. The molecule has 0 nitrogen and oxygen atoms in total. The number of rotatable bonds is 0. The Kier molecular flexibility index (Phi) is 3.26. The summed E-state index contributed by atoms with van der Waals surface area (Å²) in [5, 5.41) is 9.72. The summed E-state index contributed by atoms with van der Waals surface area (Å²) in [4.78, 5) is 0. The first-order valence-corrected chi connectivity index (χ1v) is 14.9. The van der Waals surface area contributed by atoms with E-state index in [-0.39, 0.29) is 0 Å². The summed E-state index contributed by atoms with van der Waals surface area (Å²) >= 11 is 0. The summed E-state index contributed by atoms with van der Waals surface area (Å²) in [6.07, 6.45) is 0. The van der Waals surface area contributed by atoms with E-state index in [4.69, 9.17) is 0 Å². The van der Waals surface area contributed by atoms with E-state index in [9.17, 15) is 0 Å². The van der Waals surface area contributed by atoms with Crippen LogP contribution in [0.5, 0.6) is 0 Å². The second-order valence-corrected chi connectivity index (χ2v) is 16.9. The van der Waals surface area contributed by atoms with Gasteiger partial charge in [-0.15, -0.1) is 0 Å². The van der Waals surface area contributed by atoms with Gasteiger partial charge in [0.25, 0.3) is 0 Å². The maximum absolute atomic E-state index is 2.55. The van der Waals surface area contributed by atoms with Crippen LogP contribution in [0.4, 0.5) is 0 Å². The van der Waals surface area contributed by atoms with Crippen LogP contribution in [0, 0.1) is 13.8 Å². The highest BCUT2D eigenvalue weighted by Gasteiger charge is 2.45. The van der Waals surface area contributed by atoms with E-state index in [1.807, 2.05) is 0 Å². The number of benzene rings is 3. The molecular weight excluding hydrogens is 320 g/mol. The van der Waals surface area contributed by atoms with Crippen molar-refractivity contribution in [1.82, 2.24) is 0 Å². The van der Waals surface area contributed by atoms with Crippen molar-refractivity contribution in [3.8, 4) is 0 Å². The molecule has 0 saturated heterocycles. The van der Waals surface area contributed by atoms with Crippen LogP contribution in [0.2, 0.25) is 26.2 Å². The van der Waals surface area contributed by atoms with E-state index in [0.29, 0.717) is 0 Å². The molecule has 0 spiro atoms. The molecule has 0 radical (unpaired) electrons. The Morgan fingerprint density at radius 1 is 0.542 bits per heavy atom. The van der Waals surface area contributed by atoms with Gasteiger partial charge >= 0.3 is 0 Å². The molecule has 0 aliphatic carbocycles. The Bertz CT molecular complexity index is 901. The van der Waals surface area contributed by atoms with Gasteiger partial charge in [0.2, 0.25) is 0 Å². The molecular formula is C22H26Si2. The summed E-state index contributed by atoms with van der Waals surface area (Å²) in [6.45, 7) is 14.9. The minimum Gasteiger partial charge on any atom is -0.0627 e. The fraction of sp³-hybridized carbons (Fsp3) is 0.273. The zero-order valence-electron chi connectivity index (χ0n) is 15.6. The van der Waals surface area contributed by atoms with Crippen LogP contribution < -0.4 is 20.7 Å². The van der Waals surface area contributed by atoms with Crippen LogP contribution in [0.15, 0.2) is 48.5 Å². The Morgan fingerprint density at radius 3 is 1.25 bits per heavy atom. The fourth-order valence-corrected chi connectivity index (χ4v) is 15.8. The number of fused-ring (bicyclic) bond motifs is 3. The van der Waals surface area contributed by atoms with E-state index in [0.717, 1.165) is 0 Å². The number of hydrogen-bond acceptors (Lipinski definition) is 0. The minimum atomic E-state index is -1.68. The lowest BCUT2D eigenvalue weighted by Crippen LogP contribution is -2.78.